The normalized spacial score (nSPS) is 12.9. The molecular formula is C15H12ClNO5S. The molecule has 120 valence electrons. The van der Waals surface area contributed by atoms with Crippen molar-refractivity contribution < 1.29 is 22.7 Å². The summed E-state index contributed by atoms with van der Waals surface area (Å²) in [5.41, 5.74) is 1.05. The van der Waals surface area contributed by atoms with Crippen LogP contribution in [-0.4, -0.2) is 21.1 Å². The summed E-state index contributed by atoms with van der Waals surface area (Å²) in [5.74, 6) is 0.900. The maximum Gasteiger partial charge on any atom is 0.261 e. The predicted molar refractivity (Wildman–Crippen MR) is 83.2 cm³/mol. The van der Waals surface area contributed by atoms with Crippen LogP contribution in [-0.2, 0) is 15.6 Å². The minimum absolute atomic E-state index is 0.116. The predicted octanol–water partition coefficient (Wildman–Crippen LogP) is 2.27. The highest BCUT2D eigenvalue weighted by atomic mass is 35.7. The van der Waals surface area contributed by atoms with Crippen LogP contribution in [0.4, 0.5) is 0 Å². The molecule has 6 nitrogen and oxygen atoms in total. The molecule has 1 N–H and O–H groups in total. The van der Waals surface area contributed by atoms with Crippen LogP contribution < -0.4 is 14.8 Å². The highest BCUT2D eigenvalue weighted by Gasteiger charge is 2.15. The van der Waals surface area contributed by atoms with Gasteiger partial charge in [0.15, 0.2) is 11.5 Å². The molecule has 2 aromatic rings. The Morgan fingerprint density at radius 3 is 2.70 bits per heavy atom. The average molecular weight is 354 g/mol. The molecule has 2 aromatic carbocycles. The molecule has 1 aliphatic rings. The first kappa shape index (κ1) is 15.6. The Balaban J connectivity index is 1.70. The molecule has 0 aromatic heterocycles. The van der Waals surface area contributed by atoms with Crippen LogP contribution in [0.15, 0.2) is 47.4 Å². The van der Waals surface area contributed by atoms with E-state index in [-0.39, 0.29) is 23.8 Å². The van der Waals surface area contributed by atoms with Crippen LogP contribution in [0.25, 0.3) is 0 Å². The topological polar surface area (TPSA) is 81.7 Å². The van der Waals surface area contributed by atoms with Gasteiger partial charge in [0.2, 0.25) is 6.79 Å². The van der Waals surface area contributed by atoms with Crippen molar-refractivity contribution in [2.24, 2.45) is 0 Å². The van der Waals surface area contributed by atoms with Crippen molar-refractivity contribution in [3.05, 3.63) is 53.6 Å². The van der Waals surface area contributed by atoms with Gasteiger partial charge in [0, 0.05) is 22.8 Å². The van der Waals surface area contributed by atoms with Crippen LogP contribution >= 0.6 is 10.7 Å². The summed E-state index contributed by atoms with van der Waals surface area (Å²) in [5, 5.41) is 2.71. The highest BCUT2D eigenvalue weighted by Crippen LogP contribution is 2.32. The molecule has 0 aliphatic carbocycles. The second-order valence-corrected chi connectivity index (χ2v) is 7.40. The minimum Gasteiger partial charge on any atom is -0.454 e. The fourth-order valence-corrected chi connectivity index (χ4v) is 2.92. The number of amides is 1. The van der Waals surface area contributed by atoms with E-state index in [4.69, 9.17) is 20.2 Å². The number of fused-ring (bicyclic) bond motifs is 1. The van der Waals surface area contributed by atoms with Gasteiger partial charge in [-0.25, -0.2) is 8.42 Å². The zero-order valence-corrected chi connectivity index (χ0v) is 13.4. The molecule has 0 spiro atoms. The fraction of sp³-hybridized carbons (Fsp3) is 0.133. The van der Waals surface area contributed by atoms with E-state index in [2.05, 4.69) is 5.32 Å². The second-order valence-electron chi connectivity index (χ2n) is 4.84. The fourth-order valence-electron chi connectivity index (χ4n) is 2.12. The molecule has 0 saturated carbocycles. The number of ether oxygens (including phenoxy) is 2. The first-order valence-corrected chi connectivity index (χ1v) is 8.96. The minimum atomic E-state index is -3.87. The van der Waals surface area contributed by atoms with Crippen molar-refractivity contribution in [2.45, 2.75) is 11.4 Å². The highest BCUT2D eigenvalue weighted by molar-refractivity contribution is 8.13. The lowest BCUT2D eigenvalue weighted by molar-refractivity contribution is 0.0950. The SMILES string of the molecule is O=C(NCc1ccc2c(c1)OCO2)c1cccc(S(=O)(=O)Cl)c1. The van der Waals surface area contributed by atoms with Crippen LogP contribution in [0, 0.1) is 0 Å². The molecule has 1 amide bonds. The number of hydrogen-bond donors (Lipinski definition) is 1. The second kappa shape index (κ2) is 6.10. The van der Waals surface area contributed by atoms with E-state index >= 15 is 0 Å². The summed E-state index contributed by atoms with van der Waals surface area (Å²) in [6.45, 7) is 0.457. The Morgan fingerprint density at radius 1 is 1.13 bits per heavy atom. The maximum absolute atomic E-state index is 12.1. The van der Waals surface area contributed by atoms with E-state index in [1.54, 1.807) is 12.1 Å². The van der Waals surface area contributed by atoms with Crippen molar-refractivity contribution in [3.8, 4) is 11.5 Å². The van der Waals surface area contributed by atoms with Crippen molar-refractivity contribution >= 4 is 25.6 Å². The zero-order valence-electron chi connectivity index (χ0n) is 11.8. The molecule has 0 radical (unpaired) electrons. The summed E-state index contributed by atoms with van der Waals surface area (Å²) in [6.07, 6.45) is 0. The van der Waals surface area contributed by atoms with Crippen molar-refractivity contribution in [3.63, 3.8) is 0 Å². The summed E-state index contributed by atoms with van der Waals surface area (Å²) in [4.78, 5) is 12.0. The van der Waals surface area contributed by atoms with E-state index in [9.17, 15) is 13.2 Å². The lowest BCUT2D eigenvalue weighted by Gasteiger charge is -2.07. The Kier molecular flexibility index (Phi) is 4.14. The molecule has 0 saturated heterocycles. The van der Waals surface area contributed by atoms with Crippen molar-refractivity contribution in [1.29, 1.82) is 0 Å². The number of hydrogen-bond acceptors (Lipinski definition) is 5. The van der Waals surface area contributed by atoms with Crippen molar-refractivity contribution in [2.75, 3.05) is 6.79 Å². The van der Waals surface area contributed by atoms with Gasteiger partial charge in [-0.15, -0.1) is 0 Å². The van der Waals surface area contributed by atoms with Gasteiger partial charge in [-0.2, -0.15) is 0 Å². The van der Waals surface area contributed by atoms with Gasteiger partial charge in [0.25, 0.3) is 15.0 Å². The number of nitrogens with one attached hydrogen (secondary N) is 1. The maximum atomic E-state index is 12.1. The van der Waals surface area contributed by atoms with Gasteiger partial charge in [0.1, 0.15) is 0 Å². The van der Waals surface area contributed by atoms with Crippen LogP contribution in [0.1, 0.15) is 15.9 Å². The summed E-state index contributed by atoms with van der Waals surface area (Å²) >= 11 is 0. The molecule has 1 aliphatic heterocycles. The van der Waals surface area contributed by atoms with Gasteiger partial charge >= 0.3 is 0 Å². The lowest BCUT2D eigenvalue weighted by atomic mass is 10.2. The van der Waals surface area contributed by atoms with Gasteiger partial charge in [-0.1, -0.05) is 12.1 Å². The molecular weight excluding hydrogens is 342 g/mol. The Labute approximate surface area is 137 Å². The van der Waals surface area contributed by atoms with Gasteiger partial charge in [-0.3, -0.25) is 4.79 Å². The third-order valence-electron chi connectivity index (χ3n) is 3.27. The van der Waals surface area contributed by atoms with Gasteiger partial charge < -0.3 is 14.8 Å². The van der Waals surface area contributed by atoms with E-state index < -0.39 is 15.0 Å². The Hall–Kier alpha value is -2.25. The van der Waals surface area contributed by atoms with Crippen molar-refractivity contribution in [1.82, 2.24) is 5.32 Å². The molecule has 1 heterocycles. The van der Waals surface area contributed by atoms with Crippen LogP contribution in [0.3, 0.4) is 0 Å². The average Bonchev–Trinajstić information content (AvgIpc) is 2.99. The van der Waals surface area contributed by atoms with Gasteiger partial charge in [-0.05, 0) is 35.9 Å². The van der Waals surface area contributed by atoms with Crippen LogP contribution in [0.2, 0.25) is 0 Å². The monoisotopic (exact) mass is 353 g/mol. The quantitative estimate of drug-likeness (QED) is 0.853. The molecule has 0 bridgehead atoms. The molecule has 0 atom stereocenters. The van der Waals surface area contributed by atoms with E-state index in [1.165, 1.54) is 24.3 Å². The lowest BCUT2D eigenvalue weighted by Crippen LogP contribution is -2.22. The van der Waals surface area contributed by atoms with E-state index in [1.807, 2.05) is 6.07 Å². The summed E-state index contributed by atoms with van der Waals surface area (Å²) < 4.78 is 33.1. The number of benzene rings is 2. The zero-order chi connectivity index (χ0) is 16.4. The van der Waals surface area contributed by atoms with Gasteiger partial charge in [0.05, 0.1) is 4.90 Å². The Bertz CT molecular complexity index is 866. The first-order valence-electron chi connectivity index (χ1n) is 6.65. The molecule has 0 fully saturated rings. The molecule has 0 unspecified atom stereocenters. The summed E-state index contributed by atoms with van der Waals surface area (Å²) in [7, 11) is 1.41. The number of carbonyl (C=O) groups excluding carboxylic acids is 1. The van der Waals surface area contributed by atoms with Crippen LogP contribution in [0.5, 0.6) is 11.5 Å². The number of rotatable bonds is 4. The molecule has 23 heavy (non-hydrogen) atoms. The third-order valence-corrected chi connectivity index (χ3v) is 4.62. The van der Waals surface area contributed by atoms with E-state index in [0.29, 0.717) is 11.5 Å². The standard InChI is InChI=1S/C15H12ClNO5S/c16-23(19,20)12-3-1-2-11(7-12)15(18)17-8-10-4-5-13-14(6-10)22-9-21-13/h1-7H,8-9H2,(H,17,18). The number of halogens is 1. The molecule has 8 heteroatoms. The van der Waals surface area contributed by atoms with E-state index in [0.717, 1.165) is 5.56 Å². The number of carbonyl (C=O) groups is 1. The summed E-state index contributed by atoms with van der Waals surface area (Å²) in [6, 6.07) is 10.9. The third kappa shape index (κ3) is 3.57. The largest absolute Gasteiger partial charge is 0.454 e. The first-order chi connectivity index (χ1) is 10.9. The Morgan fingerprint density at radius 2 is 1.91 bits per heavy atom. The molecule has 3 rings (SSSR count). The smallest absolute Gasteiger partial charge is 0.261 e.